The Hall–Kier alpha value is -0.381. The first-order chi connectivity index (χ1) is 8.81. The molecule has 0 radical (unpaired) electrons. The summed E-state index contributed by atoms with van der Waals surface area (Å²) in [6.45, 7) is 0. The first-order valence-electron chi connectivity index (χ1n) is 5.72. The van der Waals surface area contributed by atoms with Crippen LogP contribution in [0.25, 0.3) is 0 Å². The van der Waals surface area contributed by atoms with E-state index in [0.717, 1.165) is 0 Å². The summed E-state index contributed by atoms with van der Waals surface area (Å²) < 4.78 is 3.13. The van der Waals surface area contributed by atoms with Gasteiger partial charge in [0.25, 0.3) is 0 Å². The molecule has 0 saturated carbocycles. The van der Waals surface area contributed by atoms with Crippen LogP contribution < -0.4 is 17.9 Å². The van der Waals surface area contributed by atoms with Crippen LogP contribution >= 0.6 is 0 Å². The molecule has 4 heteroatoms. The normalized spacial score (nSPS) is 10.1. The molecule has 0 unspecified atom stereocenters. The van der Waals surface area contributed by atoms with E-state index in [1.807, 2.05) is 14.1 Å². The molecule has 0 spiro atoms. The molecule has 94 valence electrons. The maximum absolute atomic E-state index is 3.21. The summed E-state index contributed by atoms with van der Waals surface area (Å²) in [7, 11) is 3.94. The molecule has 2 rings (SSSR count). The summed E-state index contributed by atoms with van der Waals surface area (Å²) in [6, 6.07) is 17.8. The van der Waals surface area contributed by atoms with Gasteiger partial charge in [-0.2, -0.15) is 0 Å². The third-order valence-corrected chi connectivity index (χ3v) is 14.3. The topological polar surface area (TPSA) is 24.1 Å². The van der Waals surface area contributed by atoms with Gasteiger partial charge >= 0.3 is 126 Å². The molecule has 0 saturated heterocycles. The molecule has 2 aromatic rings. The van der Waals surface area contributed by atoms with Crippen LogP contribution in [0.1, 0.15) is 0 Å². The van der Waals surface area contributed by atoms with Gasteiger partial charge in [-0.05, 0) is 0 Å². The molecule has 0 aliphatic heterocycles. The molecule has 0 bridgehead atoms. The van der Waals surface area contributed by atoms with Gasteiger partial charge in [-0.1, -0.05) is 0 Å². The number of hydrogen-bond donors (Lipinski definition) is 2. The van der Waals surface area contributed by atoms with Gasteiger partial charge in [0.2, 0.25) is 0 Å². The van der Waals surface area contributed by atoms with Crippen molar-refractivity contribution in [3.8, 4) is 0 Å². The van der Waals surface area contributed by atoms with Gasteiger partial charge in [0.05, 0.1) is 0 Å². The van der Waals surface area contributed by atoms with Gasteiger partial charge in [-0.3, -0.25) is 0 Å². The summed E-state index contributed by atoms with van der Waals surface area (Å²) in [4.78, 5) is 0. The van der Waals surface area contributed by atoms with Crippen molar-refractivity contribution >= 4 is 52.7 Å². The van der Waals surface area contributed by atoms with E-state index < -0.39 is 0 Å². The molecule has 0 heterocycles. The molecule has 0 aliphatic rings. The van der Waals surface area contributed by atoms with Crippen molar-refractivity contribution < 1.29 is 0 Å². The molecule has 2 nitrogen and oxygen atoms in total. The van der Waals surface area contributed by atoms with Crippen LogP contribution in [0.15, 0.2) is 48.5 Å². The van der Waals surface area contributed by atoms with E-state index >= 15 is 0 Å². The van der Waals surface area contributed by atoms with E-state index in [4.69, 9.17) is 0 Å². The van der Waals surface area contributed by atoms with Crippen molar-refractivity contribution in [1.29, 1.82) is 0 Å². The van der Waals surface area contributed by atoms with Crippen molar-refractivity contribution in [1.82, 2.24) is 0 Å². The van der Waals surface area contributed by atoms with E-state index in [-0.39, 0.29) is 34.1 Å². The van der Waals surface area contributed by atoms with Crippen molar-refractivity contribution in [2.45, 2.75) is 0 Å². The third-order valence-electron chi connectivity index (χ3n) is 2.50. The minimum absolute atomic E-state index is 0.000227. The Labute approximate surface area is 125 Å². The molecule has 0 amide bonds. The quantitative estimate of drug-likeness (QED) is 0.643. The maximum atomic E-state index is 3.21. The number of benzene rings is 2. The van der Waals surface area contributed by atoms with Gasteiger partial charge < -0.3 is 0 Å². The Balaban J connectivity index is 1.97. The van der Waals surface area contributed by atoms with E-state index in [0.29, 0.717) is 0 Å². The fraction of sp³-hybridized carbons (Fsp3) is 0.143. The first kappa shape index (κ1) is 14.0. The average Bonchev–Trinajstić information content (AvgIpc) is 2.46. The van der Waals surface area contributed by atoms with Crippen LogP contribution in [0.2, 0.25) is 0 Å². The number of nitrogens with one attached hydrogen (secondary N) is 2. The zero-order valence-electron chi connectivity index (χ0n) is 10.4. The van der Waals surface area contributed by atoms with Crippen molar-refractivity contribution in [3.05, 3.63) is 48.5 Å². The molecule has 2 N–H and O–H groups in total. The molecule has 0 aliphatic carbocycles. The van der Waals surface area contributed by atoms with E-state index in [9.17, 15) is 0 Å². The Morgan fingerprint density at radius 2 is 1.39 bits per heavy atom. The standard InChI is InChI=1S/C14H16N2Te2/c1-15-11-6-8-13(9-7-11)17-18-14-5-3-4-12(10-14)16-2/h3-10,15-16H,1-2H3. The van der Waals surface area contributed by atoms with Gasteiger partial charge in [0.15, 0.2) is 0 Å². The van der Waals surface area contributed by atoms with Crippen LogP contribution in [-0.4, -0.2) is 48.2 Å². The monoisotopic (exact) mass is 472 g/mol. The zero-order chi connectivity index (χ0) is 12.8. The fourth-order valence-electron chi connectivity index (χ4n) is 1.48. The van der Waals surface area contributed by atoms with Crippen molar-refractivity contribution in [2.75, 3.05) is 24.7 Å². The Kier molecular flexibility index (Phi) is 5.67. The van der Waals surface area contributed by atoms with Gasteiger partial charge in [0, 0.05) is 0 Å². The van der Waals surface area contributed by atoms with E-state index in [2.05, 4.69) is 59.2 Å². The van der Waals surface area contributed by atoms with Crippen LogP contribution in [-0.2, 0) is 0 Å². The van der Waals surface area contributed by atoms with Crippen LogP contribution in [0.4, 0.5) is 11.4 Å². The second kappa shape index (κ2) is 7.27. The predicted octanol–water partition coefficient (Wildman–Crippen LogP) is 1.04. The number of hydrogen-bond acceptors (Lipinski definition) is 2. The zero-order valence-corrected chi connectivity index (χ0v) is 15.1. The number of anilines is 2. The summed E-state index contributed by atoms with van der Waals surface area (Å²) in [5.41, 5.74) is 2.43. The molecular formula is C14H16N2Te2. The fourth-order valence-corrected chi connectivity index (χ4v) is 11.4. The molecule has 0 aromatic heterocycles. The molecule has 2 aromatic carbocycles. The van der Waals surface area contributed by atoms with Crippen LogP contribution in [0.5, 0.6) is 0 Å². The van der Waals surface area contributed by atoms with Gasteiger partial charge in [-0.25, -0.2) is 0 Å². The third kappa shape index (κ3) is 4.08. The minimum atomic E-state index is -0.00636. The Bertz CT molecular complexity index is 497. The molecule has 0 fully saturated rings. The second-order valence-corrected chi connectivity index (χ2v) is 13.7. The Morgan fingerprint density at radius 1 is 0.722 bits per heavy atom. The first-order valence-corrected chi connectivity index (χ1v) is 15.4. The van der Waals surface area contributed by atoms with Gasteiger partial charge in [0.1, 0.15) is 0 Å². The summed E-state index contributed by atoms with van der Waals surface area (Å²) in [6.07, 6.45) is 0. The van der Waals surface area contributed by atoms with Gasteiger partial charge in [-0.15, -0.1) is 0 Å². The average molecular weight is 467 g/mol. The molecule has 18 heavy (non-hydrogen) atoms. The summed E-state index contributed by atoms with van der Waals surface area (Å²) in [5.74, 6) is 0. The van der Waals surface area contributed by atoms with Crippen molar-refractivity contribution in [3.63, 3.8) is 0 Å². The SMILES string of the molecule is CNc1ccc([Te][Te]c2cccc(NC)c2)cc1. The molecular weight excluding hydrogens is 451 g/mol. The summed E-state index contributed by atoms with van der Waals surface area (Å²) in [5, 5.41) is 6.37. The summed E-state index contributed by atoms with van der Waals surface area (Å²) >= 11 is -0.00614. The number of rotatable bonds is 5. The van der Waals surface area contributed by atoms with E-state index in [1.54, 1.807) is 7.22 Å². The van der Waals surface area contributed by atoms with Crippen LogP contribution in [0.3, 0.4) is 0 Å². The Morgan fingerprint density at radius 3 is 2.06 bits per heavy atom. The van der Waals surface area contributed by atoms with Crippen molar-refractivity contribution in [2.24, 2.45) is 0 Å². The molecule has 0 atom stereocenters. The van der Waals surface area contributed by atoms with Crippen LogP contribution in [0, 0.1) is 0 Å². The second-order valence-electron chi connectivity index (χ2n) is 3.72. The predicted molar refractivity (Wildman–Crippen MR) is 82.8 cm³/mol. The van der Waals surface area contributed by atoms with E-state index in [1.165, 1.54) is 11.4 Å².